The number of benzene rings is 9. The highest BCUT2D eigenvalue weighted by Crippen LogP contribution is 2.41. The molecule has 0 aliphatic heterocycles. The molecule has 3 atom stereocenters. The summed E-state index contributed by atoms with van der Waals surface area (Å²) in [6.45, 7) is 4.63. The fourth-order valence-electron chi connectivity index (χ4n) is 13.3. The summed E-state index contributed by atoms with van der Waals surface area (Å²) in [7, 11) is 6.92. The van der Waals surface area contributed by atoms with E-state index in [1.165, 1.54) is 4.90 Å². The molecule has 6 amide bonds. The van der Waals surface area contributed by atoms with Crippen molar-refractivity contribution < 1.29 is 33.5 Å². The Bertz CT molecular complexity index is 4790. The fraction of sp³-hybridized carbons (Fsp3) is 0.224. The Morgan fingerprint density at radius 2 is 1.11 bits per heavy atom. The van der Waals surface area contributed by atoms with Crippen LogP contribution >= 0.6 is 0 Å². The first-order chi connectivity index (χ1) is 50.2. The number of carbonyl (C=O) groups is 6. The van der Waals surface area contributed by atoms with Gasteiger partial charge in [-0.25, -0.2) is 9.97 Å². The molecule has 0 saturated heterocycles. The van der Waals surface area contributed by atoms with Gasteiger partial charge in [0.05, 0.1) is 24.6 Å². The van der Waals surface area contributed by atoms with Crippen LogP contribution < -0.4 is 45.2 Å². The molecule has 11 aromatic rings. The second kappa shape index (κ2) is 33.3. The van der Waals surface area contributed by atoms with Crippen LogP contribution in [0.1, 0.15) is 58.0 Å². The van der Waals surface area contributed by atoms with Gasteiger partial charge in [0.1, 0.15) is 48.6 Å². The van der Waals surface area contributed by atoms with E-state index in [2.05, 4.69) is 33.6 Å². The lowest BCUT2D eigenvalue weighted by Crippen LogP contribution is -2.53. The van der Waals surface area contributed by atoms with Gasteiger partial charge in [0.25, 0.3) is 5.91 Å². The van der Waals surface area contributed by atoms with E-state index in [4.69, 9.17) is 9.72 Å². The van der Waals surface area contributed by atoms with Gasteiger partial charge >= 0.3 is 0 Å². The van der Waals surface area contributed by atoms with Crippen LogP contribution in [-0.4, -0.2) is 116 Å². The predicted molar refractivity (Wildman–Crippen MR) is 408 cm³/mol. The number of methoxy groups -OCH3 is 1. The molecule has 1 aliphatic rings. The Morgan fingerprint density at radius 1 is 0.534 bits per heavy atom. The molecule has 9 aromatic carbocycles. The van der Waals surface area contributed by atoms with Gasteiger partial charge in [-0.1, -0.05) is 176 Å². The third-order valence-corrected chi connectivity index (χ3v) is 18.9. The highest BCUT2D eigenvalue weighted by atomic mass is 16.5. The average Bonchev–Trinajstić information content (AvgIpc) is 1.60. The number of nitrogens with one attached hydrogen (secondary N) is 3. The zero-order valence-electron chi connectivity index (χ0n) is 58.5. The first-order valence-electron chi connectivity index (χ1n) is 34.8. The van der Waals surface area contributed by atoms with Gasteiger partial charge in [-0.15, -0.1) is 0 Å². The second-order valence-corrected chi connectivity index (χ2v) is 26.1. The van der Waals surface area contributed by atoms with E-state index in [0.717, 1.165) is 85.2 Å². The van der Waals surface area contributed by atoms with Gasteiger partial charge in [0, 0.05) is 93.7 Å². The number of rotatable bonds is 31. The largest absolute Gasteiger partial charge is 0.496 e. The van der Waals surface area contributed by atoms with Crippen molar-refractivity contribution >= 4 is 85.8 Å². The molecule has 103 heavy (non-hydrogen) atoms. The minimum Gasteiger partial charge on any atom is -0.496 e. The topological polar surface area (TPSA) is 195 Å². The first-order valence-corrected chi connectivity index (χ1v) is 34.8. The molecular formula is C85H85N11O7. The molecule has 1 fully saturated rings. The summed E-state index contributed by atoms with van der Waals surface area (Å²) in [4.78, 5) is 105. The van der Waals surface area contributed by atoms with Gasteiger partial charge in [-0.2, -0.15) is 0 Å². The minimum atomic E-state index is -0.991. The van der Waals surface area contributed by atoms with Gasteiger partial charge in [0.2, 0.25) is 29.5 Å². The van der Waals surface area contributed by atoms with Gasteiger partial charge in [0.15, 0.2) is 0 Å². The zero-order valence-corrected chi connectivity index (χ0v) is 58.5. The van der Waals surface area contributed by atoms with Crippen molar-refractivity contribution in [3.05, 3.63) is 301 Å². The number of ether oxygens (including phenoxy) is 1. The second-order valence-electron chi connectivity index (χ2n) is 26.1. The molecule has 12 rings (SSSR count). The van der Waals surface area contributed by atoms with Crippen LogP contribution in [0.3, 0.4) is 0 Å². The quantitative estimate of drug-likeness (QED) is 0.0374. The lowest BCUT2D eigenvalue weighted by molar-refractivity contribution is -0.127. The maximum absolute atomic E-state index is 15.4. The number of carbonyl (C=O) groups excluding carboxylic acids is 6. The molecule has 0 radical (unpaired) electrons. The monoisotopic (exact) mass is 1370 g/mol. The number of hydrogen-bond donors (Lipinski definition) is 3. The molecule has 0 bridgehead atoms. The molecule has 2 aromatic heterocycles. The van der Waals surface area contributed by atoms with E-state index in [1.54, 1.807) is 60.4 Å². The van der Waals surface area contributed by atoms with Crippen molar-refractivity contribution in [2.45, 2.75) is 75.5 Å². The third-order valence-electron chi connectivity index (χ3n) is 18.9. The number of hydrogen-bond acceptors (Lipinski definition) is 11. The van der Waals surface area contributed by atoms with Crippen LogP contribution in [0.15, 0.2) is 262 Å². The molecular weight excluding hydrogens is 1290 g/mol. The number of aromatic nitrogens is 3. The SMILES string of the molecule is C=CN(CC(=O)NC(Cc1ccccc1)C(=O)N(CCN(C)c1cccc(N(C)C(=O)C(Cc2ccccc2)NC(=O)Cn2c(C3CC3)nc3ccccc32)c1)c1ccccc1)c1ccccc1Cc1ccc2c(CC(=O)NC(Cc3ccccc3)C(=O)N(C)c3ccccn3)ccc(OC)c2c1. The van der Waals surface area contributed by atoms with Gasteiger partial charge in [-0.05, 0) is 137 Å². The number of likely N-dealkylation sites (N-methyl/N-ethyl adjacent to an activating group) is 3. The maximum Gasteiger partial charge on any atom is 0.250 e. The van der Waals surface area contributed by atoms with Crippen molar-refractivity contribution in [1.82, 2.24) is 30.5 Å². The van der Waals surface area contributed by atoms with E-state index in [9.17, 15) is 24.0 Å². The Hall–Kier alpha value is -12.2. The number of amides is 6. The van der Waals surface area contributed by atoms with Crippen molar-refractivity contribution in [1.29, 1.82) is 0 Å². The van der Waals surface area contributed by atoms with Gasteiger partial charge in [-0.3, -0.25) is 33.7 Å². The van der Waals surface area contributed by atoms with Crippen LogP contribution in [0.2, 0.25) is 0 Å². The molecule has 18 nitrogen and oxygen atoms in total. The number of nitrogens with zero attached hydrogens (tertiary/aromatic N) is 8. The molecule has 18 heteroatoms. The van der Waals surface area contributed by atoms with Crippen LogP contribution in [0.5, 0.6) is 5.75 Å². The summed E-state index contributed by atoms with van der Waals surface area (Å²) in [5.41, 5.74) is 9.80. The van der Waals surface area contributed by atoms with E-state index in [0.29, 0.717) is 41.8 Å². The maximum atomic E-state index is 15.4. The summed E-state index contributed by atoms with van der Waals surface area (Å²) in [5.74, 6) is 0.416. The Labute approximate surface area is 601 Å². The van der Waals surface area contributed by atoms with Crippen LogP contribution in [-0.2, 0) is 67.4 Å². The lowest BCUT2D eigenvalue weighted by Gasteiger charge is -2.31. The molecule has 0 spiro atoms. The summed E-state index contributed by atoms with van der Waals surface area (Å²) >= 11 is 0. The highest BCUT2D eigenvalue weighted by molar-refractivity contribution is 6.02. The molecule has 1 saturated carbocycles. The standard InChI is InChI=1S/C85H85N11O7/c1-6-94(75-38-21-19-32-65(75)50-62-41-45-69-64(44-46-77(103-5)70(69)51-62)55-79(97)87-73(53-60-28-13-8-14-29-60)84(101)93(4)78-40-23-24-47-86-78)57-80(98)89-74(54-61-30-15-9-16-31-61)85(102)95(66-33-17-10-18-34-66)49-48-91(2)67-35-25-36-68(56-67)92(3)83(100)72(52-59-26-11-7-12-27-59)88-81(99)58-96-76-39-22-20-37-71(76)90-82(96)63-42-43-63/h6-41,44-47,51,56,63,72-74H,1,42-43,48-50,52-55,57-58H2,2-5H3,(H,87,97)(H,88,99)(H,89,98). The molecule has 522 valence electrons. The number of pyridine rings is 1. The van der Waals surface area contributed by atoms with E-state index in [1.807, 2.05) is 241 Å². The molecule has 3 unspecified atom stereocenters. The molecule has 1 aliphatic carbocycles. The average molecular weight is 1370 g/mol. The summed E-state index contributed by atoms with van der Waals surface area (Å²) in [5, 5.41) is 10.9. The molecule has 2 heterocycles. The summed E-state index contributed by atoms with van der Waals surface area (Å²) in [6.07, 6.45) is 6.52. The van der Waals surface area contributed by atoms with Crippen LogP contribution in [0, 0.1) is 0 Å². The minimum absolute atomic E-state index is 0.0000157. The van der Waals surface area contributed by atoms with E-state index >= 15 is 4.79 Å². The number of fused-ring (bicyclic) bond motifs is 2. The van der Waals surface area contributed by atoms with E-state index < -0.39 is 24.0 Å². The third kappa shape index (κ3) is 17.7. The van der Waals surface area contributed by atoms with E-state index in [-0.39, 0.29) is 74.9 Å². The number of imidazole rings is 1. The predicted octanol–water partition coefficient (Wildman–Crippen LogP) is 12.2. The Balaban J connectivity index is 0.726. The Morgan fingerprint density at radius 3 is 1.75 bits per heavy atom. The normalized spacial score (nSPS) is 12.7. The van der Waals surface area contributed by atoms with Crippen molar-refractivity contribution in [2.75, 3.05) is 72.4 Å². The lowest BCUT2D eigenvalue weighted by atomic mass is 9.95. The summed E-state index contributed by atoms with van der Waals surface area (Å²) < 4.78 is 7.90. The fourth-order valence-corrected chi connectivity index (χ4v) is 13.3. The molecule has 3 N–H and O–H groups in total. The van der Waals surface area contributed by atoms with Crippen molar-refractivity contribution in [3.8, 4) is 5.75 Å². The van der Waals surface area contributed by atoms with Crippen molar-refractivity contribution in [2.24, 2.45) is 0 Å². The van der Waals surface area contributed by atoms with Gasteiger partial charge < -0.3 is 44.9 Å². The first kappa shape index (κ1) is 70.7. The highest BCUT2D eigenvalue weighted by Gasteiger charge is 2.33. The zero-order chi connectivity index (χ0) is 71.8. The number of anilines is 5. The van der Waals surface area contributed by atoms with Crippen LogP contribution in [0.4, 0.5) is 28.6 Å². The van der Waals surface area contributed by atoms with Crippen LogP contribution in [0.25, 0.3) is 21.8 Å². The smallest absolute Gasteiger partial charge is 0.250 e. The van der Waals surface area contributed by atoms with Crippen molar-refractivity contribution in [3.63, 3.8) is 0 Å². The number of para-hydroxylation sites is 4. The summed E-state index contributed by atoms with van der Waals surface area (Å²) in [6, 6.07) is 74.0. The Kier molecular flexibility index (Phi) is 22.9.